The van der Waals surface area contributed by atoms with Gasteiger partial charge in [-0.2, -0.15) is 0 Å². The predicted octanol–water partition coefficient (Wildman–Crippen LogP) is 2.61. The van der Waals surface area contributed by atoms with Gasteiger partial charge in [-0.25, -0.2) is 0 Å². The lowest BCUT2D eigenvalue weighted by atomic mass is 9.88. The molecule has 0 amide bonds. The van der Waals surface area contributed by atoms with Crippen molar-refractivity contribution in [3.8, 4) is 12.3 Å². The lowest BCUT2D eigenvalue weighted by Gasteiger charge is -2.33. The Kier molecular flexibility index (Phi) is 2.83. The molecule has 70 valence electrons. The van der Waals surface area contributed by atoms with Crippen LogP contribution in [0.2, 0.25) is 0 Å². The van der Waals surface area contributed by atoms with E-state index in [1.54, 1.807) is 0 Å². The van der Waals surface area contributed by atoms with Crippen LogP contribution in [0.5, 0.6) is 0 Å². The van der Waals surface area contributed by atoms with Crippen LogP contribution in [-0.2, 0) is 0 Å². The molecule has 1 atom stereocenters. The Morgan fingerprint density at radius 3 is 2.92 bits per heavy atom. The lowest BCUT2D eigenvalue weighted by Crippen LogP contribution is -2.43. The second-order valence-electron chi connectivity index (χ2n) is 3.66. The van der Waals surface area contributed by atoms with Crippen LogP contribution in [0.4, 0.5) is 0 Å². The van der Waals surface area contributed by atoms with E-state index in [0.29, 0.717) is 0 Å². The minimum absolute atomic E-state index is 0.155. The maximum Gasteiger partial charge on any atom is 0.0956 e. The highest BCUT2D eigenvalue weighted by Crippen LogP contribution is 2.26. The zero-order valence-electron chi connectivity index (χ0n) is 8.48. The van der Waals surface area contributed by atoms with Crippen LogP contribution >= 0.6 is 0 Å². The molecular formula is C12H17N. The highest BCUT2D eigenvalue weighted by Gasteiger charge is 2.26. The third-order valence-electron chi connectivity index (χ3n) is 2.63. The van der Waals surface area contributed by atoms with E-state index in [-0.39, 0.29) is 5.54 Å². The Labute approximate surface area is 80.9 Å². The largest absolute Gasteiger partial charge is 0.372 e. The Morgan fingerprint density at radius 2 is 2.46 bits per heavy atom. The molecule has 1 nitrogen and oxygen atoms in total. The first-order valence-corrected chi connectivity index (χ1v) is 4.75. The summed E-state index contributed by atoms with van der Waals surface area (Å²) in [6.45, 7) is 8.01. The van der Waals surface area contributed by atoms with Gasteiger partial charge in [0.25, 0.3) is 0 Å². The van der Waals surface area contributed by atoms with E-state index in [1.807, 2.05) is 6.08 Å². The van der Waals surface area contributed by atoms with Crippen LogP contribution < -0.4 is 5.32 Å². The monoisotopic (exact) mass is 175 g/mol. The molecule has 0 aromatic rings. The number of nitrogens with one attached hydrogen (secondary N) is 1. The second-order valence-corrected chi connectivity index (χ2v) is 3.66. The van der Waals surface area contributed by atoms with Crippen molar-refractivity contribution < 1.29 is 0 Å². The molecule has 1 aliphatic rings. The van der Waals surface area contributed by atoms with Gasteiger partial charge in [0.2, 0.25) is 0 Å². The summed E-state index contributed by atoms with van der Waals surface area (Å²) in [7, 11) is 0. The van der Waals surface area contributed by atoms with Crippen LogP contribution in [0.25, 0.3) is 0 Å². The molecular weight excluding hydrogens is 158 g/mol. The first kappa shape index (κ1) is 9.92. The van der Waals surface area contributed by atoms with Gasteiger partial charge < -0.3 is 5.32 Å². The zero-order valence-corrected chi connectivity index (χ0v) is 8.48. The minimum Gasteiger partial charge on any atom is -0.372 e. The van der Waals surface area contributed by atoms with Gasteiger partial charge in [0, 0.05) is 5.70 Å². The molecule has 1 rings (SSSR count). The average Bonchev–Trinajstić information content (AvgIpc) is 2.18. The molecule has 13 heavy (non-hydrogen) atoms. The lowest BCUT2D eigenvalue weighted by molar-refractivity contribution is 0.431. The van der Waals surface area contributed by atoms with Crippen molar-refractivity contribution in [1.82, 2.24) is 5.32 Å². The Hall–Kier alpha value is -1.16. The smallest absolute Gasteiger partial charge is 0.0956 e. The summed E-state index contributed by atoms with van der Waals surface area (Å²) in [5, 5.41) is 3.40. The van der Waals surface area contributed by atoms with Gasteiger partial charge in [-0.1, -0.05) is 25.5 Å². The summed E-state index contributed by atoms with van der Waals surface area (Å²) in [5.74, 6) is 2.81. The summed E-state index contributed by atoms with van der Waals surface area (Å²) < 4.78 is 0. The number of hydrogen-bond donors (Lipinski definition) is 1. The van der Waals surface area contributed by atoms with Gasteiger partial charge in [-0.15, -0.1) is 6.42 Å². The fraction of sp³-hybridized carbons (Fsp3) is 0.500. The molecule has 0 aliphatic carbocycles. The highest BCUT2D eigenvalue weighted by atomic mass is 15.0. The number of terminal acetylenes is 1. The Balaban J connectivity index is 2.91. The summed E-state index contributed by atoms with van der Waals surface area (Å²) in [4.78, 5) is 0. The van der Waals surface area contributed by atoms with E-state index in [1.165, 1.54) is 11.3 Å². The van der Waals surface area contributed by atoms with Crippen LogP contribution in [0.3, 0.4) is 0 Å². The third-order valence-corrected chi connectivity index (χ3v) is 2.63. The summed E-state index contributed by atoms with van der Waals surface area (Å²) in [6.07, 6.45) is 10.4. The van der Waals surface area contributed by atoms with Crippen molar-refractivity contribution in [2.75, 3.05) is 0 Å². The maximum absolute atomic E-state index is 5.48. The second kappa shape index (κ2) is 3.70. The van der Waals surface area contributed by atoms with Crippen molar-refractivity contribution in [1.29, 1.82) is 0 Å². The van der Waals surface area contributed by atoms with E-state index in [2.05, 4.69) is 31.7 Å². The van der Waals surface area contributed by atoms with E-state index < -0.39 is 0 Å². The average molecular weight is 175 g/mol. The van der Waals surface area contributed by atoms with Crippen molar-refractivity contribution >= 4 is 0 Å². The third kappa shape index (κ3) is 1.95. The molecule has 0 aromatic heterocycles. The number of rotatable bonds is 2. The van der Waals surface area contributed by atoms with Gasteiger partial charge in [0.15, 0.2) is 0 Å². The molecule has 0 saturated carbocycles. The van der Waals surface area contributed by atoms with Crippen LogP contribution in [-0.4, -0.2) is 5.54 Å². The molecule has 0 saturated heterocycles. The van der Waals surface area contributed by atoms with Gasteiger partial charge >= 0.3 is 0 Å². The molecule has 1 heteroatoms. The molecule has 0 bridgehead atoms. The van der Waals surface area contributed by atoms with Crippen molar-refractivity contribution in [3.05, 3.63) is 23.9 Å². The number of allylic oxidation sites excluding steroid dienone is 3. The van der Waals surface area contributed by atoms with Gasteiger partial charge in [0.05, 0.1) is 5.54 Å². The molecule has 1 aliphatic heterocycles. The fourth-order valence-electron chi connectivity index (χ4n) is 1.66. The van der Waals surface area contributed by atoms with E-state index in [0.717, 1.165) is 19.3 Å². The van der Waals surface area contributed by atoms with Crippen LogP contribution in [0.15, 0.2) is 23.9 Å². The molecule has 1 heterocycles. The first-order chi connectivity index (χ1) is 6.15. The maximum atomic E-state index is 5.48. The van der Waals surface area contributed by atoms with Gasteiger partial charge in [-0.3, -0.25) is 0 Å². The molecule has 0 aromatic carbocycles. The quantitative estimate of drug-likeness (QED) is 0.636. The number of hydrogen-bond acceptors (Lipinski definition) is 1. The van der Waals surface area contributed by atoms with Gasteiger partial charge in [-0.05, 0) is 31.8 Å². The predicted molar refractivity (Wildman–Crippen MR) is 57.1 cm³/mol. The standard InChI is InChI=1S/C12H17N/c1-5-10-8-9-12(4,7-3)13-11(10)6-2/h3,5,13H,1,6,8-9H2,2,4H3. The van der Waals surface area contributed by atoms with Crippen LogP contribution in [0.1, 0.15) is 33.1 Å². The molecule has 0 spiro atoms. The zero-order chi connectivity index (χ0) is 9.90. The van der Waals surface area contributed by atoms with Crippen molar-refractivity contribution in [3.63, 3.8) is 0 Å². The molecule has 1 unspecified atom stereocenters. The first-order valence-electron chi connectivity index (χ1n) is 4.75. The normalized spacial score (nSPS) is 27.8. The van der Waals surface area contributed by atoms with E-state index in [4.69, 9.17) is 6.42 Å². The van der Waals surface area contributed by atoms with Crippen molar-refractivity contribution in [2.45, 2.75) is 38.6 Å². The summed E-state index contributed by atoms with van der Waals surface area (Å²) >= 11 is 0. The topological polar surface area (TPSA) is 12.0 Å². The molecule has 0 fully saturated rings. The fourth-order valence-corrected chi connectivity index (χ4v) is 1.66. The summed E-state index contributed by atoms with van der Waals surface area (Å²) in [5.41, 5.74) is 2.41. The van der Waals surface area contributed by atoms with Crippen molar-refractivity contribution in [2.24, 2.45) is 0 Å². The molecule has 0 radical (unpaired) electrons. The minimum atomic E-state index is -0.155. The van der Waals surface area contributed by atoms with Gasteiger partial charge in [0.1, 0.15) is 0 Å². The van der Waals surface area contributed by atoms with E-state index >= 15 is 0 Å². The Morgan fingerprint density at radius 1 is 1.77 bits per heavy atom. The SMILES string of the molecule is C#CC1(C)CCC(C=C)=C(CC)N1. The van der Waals surface area contributed by atoms with E-state index in [9.17, 15) is 0 Å². The Bertz CT molecular complexity index is 280. The highest BCUT2D eigenvalue weighted by molar-refractivity contribution is 5.31. The molecule has 1 N–H and O–H groups in total. The summed E-state index contributed by atoms with van der Waals surface area (Å²) in [6, 6.07) is 0. The van der Waals surface area contributed by atoms with Crippen LogP contribution in [0, 0.1) is 12.3 Å².